The molecule has 2 rings (SSSR count). The second kappa shape index (κ2) is 6.99. The van der Waals surface area contributed by atoms with Crippen molar-refractivity contribution in [2.45, 2.75) is 12.1 Å². The van der Waals surface area contributed by atoms with Gasteiger partial charge in [0.15, 0.2) is 11.5 Å². The number of hydrogen-bond acceptors (Lipinski definition) is 7. The number of ether oxygens (including phenoxy) is 2. The van der Waals surface area contributed by atoms with Gasteiger partial charge >= 0.3 is 0 Å². The number of nitrogens with zero attached hydrogens (tertiary/aromatic N) is 2. The van der Waals surface area contributed by atoms with Crippen LogP contribution < -0.4 is 14.6 Å². The molecule has 0 aliphatic heterocycles. The summed E-state index contributed by atoms with van der Waals surface area (Å²) in [7, 11) is 3.04. The number of aromatic amines is 1. The monoisotopic (exact) mass is 320 g/mol. The van der Waals surface area contributed by atoms with Gasteiger partial charge in [-0.05, 0) is 42.5 Å². The maximum absolute atomic E-state index is 11.3. The number of aromatic nitrogens is 3. The largest absolute Gasteiger partial charge is 0.544 e. The van der Waals surface area contributed by atoms with Crippen LogP contribution in [0.3, 0.4) is 0 Å². The number of methoxy groups -OCH3 is 2. The fraction of sp³-hybridized carbons (Fsp3) is 0.214. The van der Waals surface area contributed by atoms with Crippen LogP contribution in [0.2, 0.25) is 0 Å². The molecule has 0 spiro atoms. The summed E-state index contributed by atoms with van der Waals surface area (Å²) in [6, 6.07) is 5.08. The minimum Gasteiger partial charge on any atom is -0.544 e. The highest BCUT2D eigenvalue weighted by Gasteiger charge is 2.09. The molecule has 0 aliphatic carbocycles. The number of carbonyl (C=O) groups excluding carboxylic acids is 1. The lowest BCUT2D eigenvalue weighted by Crippen LogP contribution is -2.23. The van der Waals surface area contributed by atoms with E-state index >= 15 is 0 Å². The number of H-pyrrole nitrogens is 1. The van der Waals surface area contributed by atoms with E-state index < -0.39 is 5.97 Å². The van der Waals surface area contributed by atoms with Gasteiger partial charge in [-0.3, -0.25) is 5.10 Å². The van der Waals surface area contributed by atoms with Crippen molar-refractivity contribution >= 4 is 23.8 Å². The summed E-state index contributed by atoms with van der Waals surface area (Å²) in [6.45, 7) is 1.73. The minimum atomic E-state index is -1.30. The molecule has 0 bridgehead atoms. The fourth-order valence-corrected chi connectivity index (χ4v) is 2.44. The van der Waals surface area contributed by atoms with Gasteiger partial charge in [0.05, 0.1) is 20.2 Å². The maximum Gasteiger partial charge on any atom is 0.213 e. The maximum atomic E-state index is 11.3. The van der Waals surface area contributed by atoms with E-state index in [1.807, 2.05) is 0 Å². The van der Waals surface area contributed by atoms with Crippen molar-refractivity contribution in [3.63, 3.8) is 0 Å². The van der Waals surface area contributed by atoms with Crippen molar-refractivity contribution in [1.82, 2.24) is 15.2 Å². The molecule has 116 valence electrons. The fourth-order valence-electron chi connectivity index (χ4n) is 1.69. The molecule has 1 aromatic carbocycles. The van der Waals surface area contributed by atoms with Crippen LogP contribution in [0.1, 0.15) is 11.4 Å². The smallest absolute Gasteiger partial charge is 0.213 e. The van der Waals surface area contributed by atoms with Gasteiger partial charge in [0.1, 0.15) is 5.82 Å². The predicted molar refractivity (Wildman–Crippen MR) is 79.5 cm³/mol. The summed E-state index contributed by atoms with van der Waals surface area (Å²) < 4.78 is 10.3. The molecule has 0 amide bonds. The molecule has 0 radical (unpaired) electrons. The Hall–Kier alpha value is -2.48. The third-order valence-corrected chi connectivity index (χ3v) is 3.55. The third-order valence-electron chi connectivity index (χ3n) is 2.68. The summed E-state index contributed by atoms with van der Waals surface area (Å²) in [5.74, 6) is 0.369. The number of aliphatic carboxylic acids is 1. The van der Waals surface area contributed by atoms with Crippen LogP contribution in [-0.2, 0) is 4.79 Å². The molecule has 1 heterocycles. The number of benzene rings is 1. The molecule has 8 heteroatoms. The molecule has 0 atom stereocenters. The van der Waals surface area contributed by atoms with Crippen molar-refractivity contribution < 1.29 is 19.4 Å². The summed E-state index contributed by atoms with van der Waals surface area (Å²) >= 11 is 0.909. The highest BCUT2D eigenvalue weighted by atomic mass is 32.2. The highest BCUT2D eigenvalue weighted by Crippen LogP contribution is 2.30. The Bertz CT molecular complexity index is 712. The van der Waals surface area contributed by atoms with E-state index in [9.17, 15) is 9.90 Å². The third kappa shape index (κ3) is 3.79. The van der Waals surface area contributed by atoms with Crippen molar-refractivity contribution in [2.75, 3.05) is 14.2 Å². The zero-order valence-electron chi connectivity index (χ0n) is 12.2. The number of aryl methyl sites for hydroxylation is 1. The molecule has 7 nitrogen and oxygen atoms in total. The van der Waals surface area contributed by atoms with Crippen LogP contribution in [0.15, 0.2) is 28.3 Å². The number of carbonyl (C=O) groups is 1. The van der Waals surface area contributed by atoms with E-state index in [4.69, 9.17) is 9.47 Å². The molecular weight excluding hydrogens is 306 g/mol. The van der Waals surface area contributed by atoms with Gasteiger partial charge < -0.3 is 19.4 Å². The van der Waals surface area contributed by atoms with Crippen LogP contribution in [0.5, 0.6) is 11.5 Å². The Kier molecular flexibility index (Phi) is 5.05. The van der Waals surface area contributed by atoms with E-state index in [2.05, 4.69) is 15.2 Å². The molecule has 0 unspecified atom stereocenters. The summed E-state index contributed by atoms with van der Waals surface area (Å²) in [6.07, 6.45) is 1.47. The summed E-state index contributed by atoms with van der Waals surface area (Å²) in [5.41, 5.74) is 0.636. The Morgan fingerprint density at radius 1 is 1.32 bits per heavy atom. The van der Waals surface area contributed by atoms with Crippen molar-refractivity contribution in [2.24, 2.45) is 0 Å². The van der Waals surface area contributed by atoms with Crippen molar-refractivity contribution in [3.05, 3.63) is 34.5 Å². The van der Waals surface area contributed by atoms with Gasteiger partial charge in [0.25, 0.3) is 0 Å². The number of carboxylic acid groups (broad SMARTS) is 1. The van der Waals surface area contributed by atoms with Gasteiger partial charge in [-0.25, -0.2) is 4.98 Å². The van der Waals surface area contributed by atoms with Gasteiger partial charge in [-0.1, -0.05) is 6.07 Å². The van der Waals surface area contributed by atoms with E-state index in [-0.39, 0.29) is 4.91 Å². The zero-order chi connectivity index (χ0) is 16.1. The molecular formula is C14H14N3O4S-. The predicted octanol–water partition coefficient (Wildman–Crippen LogP) is 1.01. The molecule has 2 aromatic rings. The van der Waals surface area contributed by atoms with E-state index in [0.717, 1.165) is 11.8 Å². The lowest BCUT2D eigenvalue weighted by atomic mass is 10.2. The molecule has 22 heavy (non-hydrogen) atoms. The SMILES string of the molecule is COc1ccc(/C=C(/Sc2n[nH]c(C)n2)C(=O)[O-])cc1OC. The number of nitrogens with one attached hydrogen (secondary N) is 1. The van der Waals surface area contributed by atoms with Crippen LogP contribution in [0.25, 0.3) is 6.08 Å². The molecule has 1 N–H and O–H groups in total. The molecule has 1 aromatic heterocycles. The number of thioether (sulfide) groups is 1. The lowest BCUT2D eigenvalue weighted by Gasteiger charge is -2.09. The standard InChI is InChI=1S/C14H15N3O4S/c1-8-15-14(17-16-8)22-12(13(18)19)7-9-4-5-10(20-2)11(6-9)21-3/h4-7H,1-3H3,(H,18,19)(H,15,16,17)/p-1/b12-7+. The second-order valence-corrected chi connectivity index (χ2v) is 5.23. The second-order valence-electron chi connectivity index (χ2n) is 4.22. The first-order valence-corrected chi connectivity index (χ1v) is 7.07. The summed E-state index contributed by atoms with van der Waals surface area (Å²) in [5, 5.41) is 18.1. The number of carboxylic acids is 1. The quantitative estimate of drug-likeness (QED) is 0.626. The van der Waals surface area contributed by atoms with E-state index in [0.29, 0.717) is 28.0 Å². The van der Waals surface area contributed by atoms with Crippen LogP contribution in [-0.4, -0.2) is 35.4 Å². The van der Waals surface area contributed by atoms with Crippen LogP contribution in [0, 0.1) is 6.92 Å². The van der Waals surface area contributed by atoms with Gasteiger partial charge in [-0.2, -0.15) is 0 Å². The van der Waals surface area contributed by atoms with Gasteiger partial charge in [0.2, 0.25) is 5.16 Å². The molecule has 0 fully saturated rings. The van der Waals surface area contributed by atoms with Crippen molar-refractivity contribution in [3.8, 4) is 11.5 Å². The van der Waals surface area contributed by atoms with Crippen molar-refractivity contribution in [1.29, 1.82) is 0 Å². The highest BCUT2D eigenvalue weighted by molar-refractivity contribution is 8.04. The first-order chi connectivity index (χ1) is 10.5. The molecule has 0 saturated carbocycles. The Morgan fingerprint density at radius 2 is 2.05 bits per heavy atom. The zero-order valence-corrected chi connectivity index (χ0v) is 13.1. The topological polar surface area (TPSA) is 100 Å². The molecule has 0 aliphatic rings. The first kappa shape index (κ1) is 15.9. The van der Waals surface area contributed by atoms with E-state index in [1.54, 1.807) is 25.1 Å². The first-order valence-electron chi connectivity index (χ1n) is 6.25. The number of hydrogen-bond donors (Lipinski definition) is 1. The average molecular weight is 320 g/mol. The van der Waals surface area contributed by atoms with Crippen LogP contribution in [0.4, 0.5) is 0 Å². The molecule has 0 saturated heterocycles. The average Bonchev–Trinajstić information content (AvgIpc) is 2.91. The Labute approximate surface area is 131 Å². The Balaban J connectivity index is 2.31. The Morgan fingerprint density at radius 3 is 2.59 bits per heavy atom. The lowest BCUT2D eigenvalue weighted by molar-refractivity contribution is -0.297. The number of rotatable bonds is 6. The van der Waals surface area contributed by atoms with E-state index in [1.165, 1.54) is 20.3 Å². The van der Waals surface area contributed by atoms with Crippen LogP contribution >= 0.6 is 11.8 Å². The normalized spacial score (nSPS) is 11.3. The van der Waals surface area contributed by atoms with Gasteiger partial charge in [-0.15, -0.1) is 5.10 Å². The minimum absolute atomic E-state index is 0.00813. The van der Waals surface area contributed by atoms with Gasteiger partial charge in [0, 0.05) is 4.91 Å². The summed E-state index contributed by atoms with van der Waals surface area (Å²) in [4.78, 5) is 15.3.